The summed E-state index contributed by atoms with van der Waals surface area (Å²) in [5, 5.41) is 7.57. The second-order valence-electron chi connectivity index (χ2n) is 7.24. The highest BCUT2D eigenvalue weighted by Gasteiger charge is 2.16. The van der Waals surface area contributed by atoms with Crippen molar-refractivity contribution in [3.8, 4) is 0 Å². The van der Waals surface area contributed by atoms with Crippen LogP contribution in [0.1, 0.15) is 32.8 Å². The zero-order valence-corrected chi connectivity index (χ0v) is 16.5. The summed E-state index contributed by atoms with van der Waals surface area (Å²) in [6.45, 7) is 6.32. The molecule has 146 valence electrons. The molecule has 0 atom stereocenters. The Kier molecular flexibility index (Phi) is 4.76. The summed E-state index contributed by atoms with van der Waals surface area (Å²) >= 11 is 0. The second kappa shape index (κ2) is 7.39. The number of rotatable bonds is 4. The summed E-state index contributed by atoms with van der Waals surface area (Å²) in [6, 6.07) is 14.7. The van der Waals surface area contributed by atoms with Gasteiger partial charge in [-0.15, -0.1) is 0 Å². The maximum atomic E-state index is 12.7. The summed E-state index contributed by atoms with van der Waals surface area (Å²) < 4.78 is 7.43. The number of amides is 1. The second-order valence-corrected chi connectivity index (χ2v) is 7.24. The smallest absolute Gasteiger partial charge is 0.292 e. The Morgan fingerprint density at radius 2 is 1.79 bits per heavy atom. The number of aryl methyl sites for hydroxylation is 3. The minimum atomic E-state index is -0.492. The first kappa shape index (κ1) is 18.7. The lowest BCUT2D eigenvalue weighted by Crippen LogP contribution is -2.18. The first-order valence-corrected chi connectivity index (χ1v) is 9.34. The molecule has 0 aliphatic heterocycles. The molecule has 0 fully saturated rings. The van der Waals surface area contributed by atoms with E-state index in [1.807, 2.05) is 51.1 Å². The summed E-state index contributed by atoms with van der Waals surface area (Å²) in [5.74, 6) is 0.00291. The summed E-state index contributed by atoms with van der Waals surface area (Å²) in [6.07, 6.45) is 1.62. The summed E-state index contributed by atoms with van der Waals surface area (Å²) in [5.41, 5.74) is 4.22. The Balaban J connectivity index is 1.61. The van der Waals surface area contributed by atoms with Crippen molar-refractivity contribution in [2.24, 2.45) is 0 Å². The Bertz CT molecular complexity index is 1270. The molecule has 0 radical (unpaired) electrons. The fourth-order valence-corrected chi connectivity index (χ4v) is 3.39. The van der Waals surface area contributed by atoms with Crippen molar-refractivity contribution >= 4 is 22.7 Å². The molecule has 0 aliphatic carbocycles. The van der Waals surface area contributed by atoms with Gasteiger partial charge in [-0.3, -0.25) is 9.59 Å². The van der Waals surface area contributed by atoms with Crippen LogP contribution in [-0.2, 0) is 6.54 Å². The van der Waals surface area contributed by atoms with Crippen molar-refractivity contribution in [3.63, 3.8) is 0 Å². The molecule has 0 saturated heterocycles. The minimum absolute atomic E-state index is 0.0319. The molecular formula is C23H21N3O3. The maximum Gasteiger partial charge on any atom is 0.292 e. The van der Waals surface area contributed by atoms with Crippen LogP contribution in [-0.4, -0.2) is 15.7 Å². The molecule has 29 heavy (non-hydrogen) atoms. The van der Waals surface area contributed by atoms with Gasteiger partial charge < -0.3 is 9.73 Å². The normalized spacial score (nSPS) is 11.0. The number of hydrogen-bond donors (Lipinski definition) is 1. The van der Waals surface area contributed by atoms with E-state index in [-0.39, 0.29) is 11.2 Å². The van der Waals surface area contributed by atoms with Gasteiger partial charge in [-0.25, -0.2) is 4.68 Å². The third-order valence-electron chi connectivity index (χ3n) is 4.81. The van der Waals surface area contributed by atoms with Gasteiger partial charge in [0.1, 0.15) is 11.4 Å². The molecule has 6 nitrogen and oxygen atoms in total. The van der Waals surface area contributed by atoms with Crippen molar-refractivity contribution in [2.45, 2.75) is 27.3 Å². The van der Waals surface area contributed by atoms with E-state index in [1.54, 1.807) is 23.0 Å². The molecule has 2 aromatic heterocycles. The molecule has 4 rings (SSSR count). The van der Waals surface area contributed by atoms with Crippen molar-refractivity contribution in [1.82, 2.24) is 9.78 Å². The third kappa shape index (κ3) is 3.82. The lowest BCUT2D eigenvalue weighted by molar-refractivity contribution is 0.0996. The first-order valence-electron chi connectivity index (χ1n) is 9.34. The largest absolute Gasteiger partial charge is 0.451 e. The zero-order chi connectivity index (χ0) is 20.5. The van der Waals surface area contributed by atoms with Gasteiger partial charge in [0.15, 0.2) is 11.2 Å². The van der Waals surface area contributed by atoms with E-state index in [4.69, 9.17) is 4.42 Å². The van der Waals surface area contributed by atoms with Gasteiger partial charge >= 0.3 is 0 Å². The van der Waals surface area contributed by atoms with E-state index in [0.717, 1.165) is 16.7 Å². The Hall–Kier alpha value is -3.67. The van der Waals surface area contributed by atoms with Crippen molar-refractivity contribution in [2.75, 3.05) is 5.32 Å². The van der Waals surface area contributed by atoms with Crippen molar-refractivity contribution in [3.05, 3.63) is 93.0 Å². The fourth-order valence-electron chi connectivity index (χ4n) is 3.39. The number of fused-ring (bicyclic) bond motifs is 1. The topological polar surface area (TPSA) is 77.1 Å². The Morgan fingerprint density at radius 3 is 2.55 bits per heavy atom. The average Bonchev–Trinajstić information content (AvgIpc) is 3.09. The Labute approximate surface area is 167 Å². The molecular weight excluding hydrogens is 366 g/mol. The molecule has 0 unspecified atom stereocenters. The van der Waals surface area contributed by atoms with Crippen LogP contribution in [0.25, 0.3) is 11.0 Å². The highest BCUT2D eigenvalue weighted by Crippen LogP contribution is 2.19. The predicted octanol–water partition coefficient (Wildman–Crippen LogP) is 4.22. The number of carbonyl (C=O) groups is 1. The van der Waals surface area contributed by atoms with Gasteiger partial charge in [-0.05, 0) is 43.5 Å². The molecule has 1 N–H and O–H groups in total. The molecule has 6 heteroatoms. The molecule has 1 amide bonds. The quantitative estimate of drug-likeness (QED) is 0.569. The molecule has 4 aromatic rings. The molecule has 2 heterocycles. The van der Waals surface area contributed by atoms with Crippen molar-refractivity contribution < 1.29 is 9.21 Å². The van der Waals surface area contributed by atoms with E-state index < -0.39 is 5.91 Å². The van der Waals surface area contributed by atoms with Crippen LogP contribution in [0.2, 0.25) is 0 Å². The first-order chi connectivity index (χ1) is 13.9. The van der Waals surface area contributed by atoms with Crippen LogP contribution in [0, 0.1) is 20.8 Å². The van der Waals surface area contributed by atoms with Gasteiger partial charge in [0.05, 0.1) is 18.1 Å². The SMILES string of the molecule is Cc1ccc(Cn2nccc2NC(=O)c2cc(=O)c3c(C)cc(C)cc3o2)cc1. The van der Waals surface area contributed by atoms with Gasteiger partial charge in [-0.1, -0.05) is 35.9 Å². The molecule has 0 aliphatic rings. The van der Waals surface area contributed by atoms with Crippen molar-refractivity contribution in [1.29, 1.82) is 0 Å². The van der Waals surface area contributed by atoms with Crippen LogP contribution in [0.15, 0.2) is 63.9 Å². The zero-order valence-electron chi connectivity index (χ0n) is 16.5. The summed E-state index contributed by atoms with van der Waals surface area (Å²) in [7, 11) is 0. The number of nitrogens with one attached hydrogen (secondary N) is 1. The minimum Gasteiger partial charge on any atom is -0.451 e. The number of nitrogens with zero attached hydrogens (tertiary/aromatic N) is 2. The lowest BCUT2D eigenvalue weighted by atomic mass is 10.1. The highest BCUT2D eigenvalue weighted by atomic mass is 16.3. The fraction of sp³-hybridized carbons (Fsp3) is 0.174. The van der Waals surface area contributed by atoms with Crippen LogP contribution in [0.3, 0.4) is 0 Å². The van der Waals surface area contributed by atoms with Crippen LogP contribution in [0.4, 0.5) is 5.82 Å². The standard InChI is InChI=1S/C23H21N3O3/c1-14-4-6-17(7-5-14)13-26-21(8-9-24-26)25-23(28)20-12-18(27)22-16(3)10-15(2)11-19(22)29-20/h4-12H,13H2,1-3H3,(H,25,28). The number of carbonyl (C=O) groups excluding carboxylic acids is 1. The van der Waals surface area contributed by atoms with E-state index in [0.29, 0.717) is 23.3 Å². The predicted molar refractivity (Wildman–Crippen MR) is 112 cm³/mol. The third-order valence-corrected chi connectivity index (χ3v) is 4.81. The average molecular weight is 387 g/mol. The van der Waals surface area contributed by atoms with Crippen LogP contribution < -0.4 is 10.7 Å². The van der Waals surface area contributed by atoms with Gasteiger partial charge in [0, 0.05) is 12.1 Å². The monoisotopic (exact) mass is 387 g/mol. The van der Waals surface area contributed by atoms with E-state index >= 15 is 0 Å². The highest BCUT2D eigenvalue weighted by molar-refractivity contribution is 6.02. The molecule has 0 bridgehead atoms. The Morgan fingerprint density at radius 1 is 1.03 bits per heavy atom. The molecule has 0 saturated carbocycles. The van der Waals surface area contributed by atoms with Crippen LogP contribution >= 0.6 is 0 Å². The van der Waals surface area contributed by atoms with Gasteiger partial charge in [0.2, 0.25) is 0 Å². The van der Waals surface area contributed by atoms with Gasteiger partial charge in [-0.2, -0.15) is 5.10 Å². The van der Waals surface area contributed by atoms with Crippen LogP contribution in [0.5, 0.6) is 0 Å². The molecule has 0 spiro atoms. The number of anilines is 1. The van der Waals surface area contributed by atoms with Gasteiger partial charge in [0.25, 0.3) is 5.91 Å². The van der Waals surface area contributed by atoms with E-state index in [2.05, 4.69) is 10.4 Å². The van der Waals surface area contributed by atoms with E-state index in [1.165, 1.54) is 11.6 Å². The van der Waals surface area contributed by atoms with E-state index in [9.17, 15) is 9.59 Å². The number of hydrogen-bond acceptors (Lipinski definition) is 4. The maximum absolute atomic E-state index is 12.7. The lowest BCUT2D eigenvalue weighted by Gasteiger charge is -2.10. The number of benzene rings is 2. The number of aromatic nitrogens is 2. The summed E-state index contributed by atoms with van der Waals surface area (Å²) in [4.78, 5) is 25.3. The molecule has 2 aromatic carbocycles.